The number of carbonyl (C=O) groups is 1. The molecule has 180 valence electrons. The lowest BCUT2D eigenvalue weighted by Crippen LogP contribution is -2.19. The molecule has 0 aliphatic heterocycles. The lowest BCUT2D eigenvalue weighted by atomic mass is 10.1. The maximum absolute atomic E-state index is 12.4. The van der Waals surface area contributed by atoms with Gasteiger partial charge in [0.2, 0.25) is 0 Å². The third kappa shape index (κ3) is 5.46. The molecule has 0 radical (unpaired) electrons. The van der Waals surface area contributed by atoms with Crippen molar-refractivity contribution in [2.45, 2.75) is 6.54 Å². The van der Waals surface area contributed by atoms with Crippen molar-refractivity contribution in [3.05, 3.63) is 105 Å². The highest BCUT2D eigenvalue weighted by Crippen LogP contribution is 2.30. The van der Waals surface area contributed by atoms with E-state index in [1.807, 2.05) is 54.6 Å². The fourth-order valence-electron chi connectivity index (χ4n) is 3.65. The molecule has 2 heterocycles. The number of hydrogen-bond acceptors (Lipinski definition) is 4. The maximum atomic E-state index is 12.4. The Kier molecular flexibility index (Phi) is 7.09. The average Bonchev–Trinajstić information content (AvgIpc) is 3.25. The smallest absolute Gasteiger partial charge is 0.323 e. The average molecular weight is 582 g/mol. The van der Waals surface area contributed by atoms with Crippen LogP contribution in [0.15, 0.2) is 89.5 Å². The number of benzene rings is 3. The Morgan fingerprint density at radius 3 is 2.50 bits per heavy atom. The van der Waals surface area contributed by atoms with Gasteiger partial charge in [0.15, 0.2) is 5.65 Å². The van der Waals surface area contributed by atoms with Gasteiger partial charge in [0, 0.05) is 39.6 Å². The number of hydrogen-bond donors (Lipinski definition) is 3. The van der Waals surface area contributed by atoms with E-state index in [2.05, 4.69) is 37.0 Å². The number of nitrogens with zero attached hydrogens (tertiary/aromatic N) is 3. The minimum Gasteiger partial charge on any atom is -0.366 e. The van der Waals surface area contributed by atoms with Gasteiger partial charge in [-0.25, -0.2) is 9.78 Å². The zero-order valence-electron chi connectivity index (χ0n) is 18.7. The number of anilines is 3. The number of amides is 2. The van der Waals surface area contributed by atoms with Crippen LogP contribution in [0.2, 0.25) is 10.0 Å². The van der Waals surface area contributed by atoms with E-state index in [1.165, 1.54) is 0 Å². The molecule has 10 heteroatoms. The summed E-state index contributed by atoms with van der Waals surface area (Å²) in [4.78, 5) is 17.1. The number of fused-ring (bicyclic) bond motifs is 1. The highest BCUT2D eigenvalue weighted by molar-refractivity contribution is 9.10. The molecule has 0 spiro atoms. The van der Waals surface area contributed by atoms with Crippen LogP contribution in [0.4, 0.5) is 22.0 Å². The maximum Gasteiger partial charge on any atom is 0.323 e. The van der Waals surface area contributed by atoms with E-state index >= 15 is 0 Å². The molecule has 0 saturated carbocycles. The molecule has 2 amide bonds. The second kappa shape index (κ2) is 10.6. The van der Waals surface area contributed by atoms with Crippen molar-refractivity contribution in [3.8, 4) is 11.3 Å². The van der Waals surface area contributed by atoms with Crippen molar-refractivity contribution in [2.24, 2.45) is 0 Å². The summed E-state index contributed by atoms with van der Waals surface area (Å²) in [6.45, 7) is 0.493. The van der Waals surface area contributed by atoms with Crippen LogP contribution in [0.5, 0.6) is 0 Å². The van der Waals surface area contributed by atoms with E-state index in [4.69, 9.17) is 28.2 Å². The first-order valence-corrected chi connectivity index (χ1v) is 12.5. The summed E-state index contributed by atoms with van der Waals surface area (Å²) in [6.07, 6.45) is 1.70. The summed E-state index contributed by atoms with van der Waals surface area (Å²) in [5.41, 5.74) is 4.51. The van der Waals surface area contributed by atoms with Crippen molar-refractivity contribution >= 4 is 68.0 Å². The van der Waals surface area contributed by atoms with Crippen LogP contribution in [0.3, 0.4) is 0 Å². The molecule has 0 aliphatic carbocycles. The van der Waals surface area contributed by atoms with Crippen LogP contribution in [0.1, 0.15) is 5.56 Å². The largest absolute Gasteiger partial charge is 0.366 e. The van der Waals surface area contributed by atoms with Gasteiger partial charge in [-0.3, -0.25) is 0 Å². The molecule has 0 fully saturated rings. The predicted molar refractivity (Wildman–Crippen MR) is 149 cm³/mol. The van der Waals surface area contributed by atoms with E-state index in [0.29, 0.717) is 33.6 Å². The Labute approximate surface area is 225 Å². The summed E-state index contributed by atoms with van der Waals surface area (Å²) in [5, 5.41) is 14.7. The second-order valence-corrected chi connectivity index (χ2v) is 9.57. The molecule has 0 aliphatic rings. The highest BCUT2D eigenvalue weighted by atomic mass is 79.9. The van der Waals surface area contributed by atoms with Gasteiger partial charge in [0.25, 0.3) is 0 Å². The molecule has 3 N–H and O–H groups in total. The molecular weight excluding hydrogens is 563 g/mol. The van der Waals surface area contributed by atoms with Crippen LogP contribution in [0, 0.1) is 0 Å². The van der Waals surface area contributed by atoms with E-state index < -0.39 is 0 Å². The molecule has 0 atom stereocenters. The molecule has 0 unspecified atom stereocenters. The third-order valence-electron chi connectivity index (χ3n) is 5.34. The van der Waals surface area contributed by atoms with Gasteiger partial charge in [-0.1, -0.05) is 53.5 Å². The van der Waals surface area contributed by atoms with Gasteiger partial charge in [0.05, 0.1) is 16.4 Å². The van der Waals surface area contributed by atoms with Crippen molar-refractivity contribution in [3.63, 3.8) is 0 Å². The number of rotatable bonds is 6. The van der Waals surface area contributed by atoms with Gasteiger partial charge < -0.3 is 16.0 Å². The van der Waals surface area contributed by atoms with E-state index in [1.54, 1.807) is 35.0 Å². The standard InChI is InChI=1S/C26H19BrCl2N6O/c27-21-15-31-35-24(13-23(34-25(21)35)20-6-1-2-7-22(20)29)30-14-16-4-3-5-19(12-16)33-26(36)32-18-10-8-17(28)9-11-18/h1-13,15,30H,14H2,(H2,32,33,36). The molecule has 0 bridgehead atoms. The fraction of sp³-hybridized carbons (Fsp3) is 0.0385. The SMILES string of the molecule is O=C(Nc1ccc(Cl)cc1)Nc1cccc(CNc2cc(-c3ccccc3Cl)nc3c(Br)cnn23)c1. The lowest BCUT2D eigenvalue weighted by Gasteiger charge is -2.13. The van der Waals surface area contributed by atoms with Crippen molar-refractivity contribution in [1.82, 2.24) is 14.6 Å². The van der Waals surface area contributed by atoms with Crippen LogP contribution in [0.25, 0.3) is 16.9 Å². The van der Waals surface area contributed by atoms with E-state index in [9.17, 15) is 4.79 Å². The summed E-state index contributed by atoms with van der Waals surface area (Å²) in [5.74, 6) is 0.750. The van der Waals surface area contributed by atoms with Gasteiger partial charge in [0.1, 0.15) is 5.82 Å². The monoisotopic (exact) mass is 580 g/mol. The Hall–Kier alpha value is -3.59. The Morgan fingerprint density at radius 1 is 0.917 bits per heavy atom. The van der Waals surface area contributed by atoms with Gasteiger partial charge in [-0.2, -0.15) is 9.61 Å². The molecular formula is C26H19BrCl2N6O. The Morgan fingerprint density at radius 2 is 1.69 bits per heavy atom. The van der Waals surface area contributed by atoms with Crippen LogP contribution in [-0.2, 0) is 6.54 Å². The zero-order chi connectivity index (χ0) is 25.1. The number of nitrogens with one attached hydrogen (secondary N) is 3. The number of carbonyl (C=O) groups excluding carboxylic acids is 1. The second-order valence-electron chi connectivity index (χ2n) is 7.87. The van der Waals surface area contributed by atoms with E-state index in [-0.39, 0.29) is 6.03 Å². The first-order chi connectivity index (χ1) is 17.5. The highest BCUT2D eigenvalue weighted by Gasteiger charge is 2.13. The minimum atomic E-state index is -0.343. The molecule has 0 saturated heterocycles. The Bertz CT molecular complexity index is 1550. The summed E-state index contributed by atoms with van der Waals surface area (Å²) >= 11 is 15.8. The molecule has 36 heavy (non-hydrogen) atoms. The molecule has 5 aromatic rings. The van der Waals surface area contributed by atoms with Crippen molar-refractivity contribution < 1.29 is 4.79 Å². The first-order valence-electron chi connectivity index (χ1n) is 10.9. The van der Waals surface area contributed by atoms with Crippen LogP contribution < -0.4 is 16.0 Å². The molecule has 3 aromatic carbocycles. The number of aromatic nitrogens is 3. The minimum absolute atomic E-state index is 0.343. The van der Waals surface area contributed by atoms with Gasteiger partial charge >= 0.3 is 6.03 Å². The van der Waals surface area contributed by atoms with E-state index in [0.717, 1.165) is 27.1 Å². The van der Waals surface area contributed by atoms with Crippen molar-refractivity contribution in [1.29, 1.82) is 0 Å². The zero-order valence-corrected chi connectivity index (χ0v) is 21.8. The summed E-state index contributed by atoms with van der Waals surface area (Å²) in [7, 11) is 0. The first kappa shape index (κ1) is 24.1. The number of halogens is 3. The van der Waals surface area contributed by atoms with Crippen molar-refractivity contribution in [2.75, 3.05) is 16.0 Å². The normalized spacial score (nSPS) is 10.9. The van der Waals surface area contributed by atoms with Gasteiger partial charge in [-0.05, 0) is 64.0 Å². The summed E-state index contributed by atoms with van der Waals surface area (Å²) < 4.78 is 2.50. The van der Waals surface area contributed by atoms with Gasteiger partial charge in [-0.15, -0.1) is 0 Å². The quantitative estimate of drug-likeness (QED) is 0.192. The summed E-state index contributed by atoms with van der Waals surface area (Å²) in [6, 6.07) is 23.6. The number of urea groups is 1. The third-order valence-corrected chi connectivity index (χ3v) is 6.48. The molecule has 7 nitrogen and oxygen atoms in total. The van der Waals surface area contributed by atoms with Crippen LogP contribution in [-0.4, -0.2) is 20.6 Å². The predicted octanol–water partition coefficient (Wildman–Crippen LogP) is 7.72. The molecule has 2 aromatic heterocycles. The lowest BCUT2D eigenvalue weighted by molar-refractivity contribution is 0.262. The fourth-order valence-corrected chi connectivity index (χ4v) is 4.35. The van der Waals surface area contributed by atoms with Crippen LogP contribution >= 0.6 is 39.1 Å². The molecule has 5 rings (SSSR count). The Balaban J connectivity index is 1.33. The topological polar surface area (TPSA) is 83.4 Å².